The molecular weight excluding hydrogens is 469 g/mol. The van der Waals surface area contributed by atoms with Crippen LogP contribution in [0, 0.1) is 5.92 Å². The monoisotopic (exact) mass is 492 g/mol. The molecule has 3 saturated heterocycles. The molecule has 7 nitrogen and oxygen atoms in total. The summed E-state index contributed by atoms with van der Waals surface area (Å²) in [5.41, 5.74) is -0.313. The molecule has 0 N–H and O–H groups in total. The highest BCUT2D eigenvalue weighted by molar-refractivity contribution is 9.10. The van der Waals surface area contributed by atoms with Crippen molar-refractivity contribution in [2.75, 3.05) is 42.7 Å². The number of morpholine rings is 1. The van der Waals surface area contributed by atoms with Crippen LogP contribution >= 0.6 is 15.9 Å². The minimum absolute atomic E-state index is 0.0150. The fraction of sp³-hybridized carbons (Fsp3) is 0.789. The lowest BCUT2D eigenvalue weighted by atomic mass is 9.98. The van der Waals surface area contributed by atoms with Gasteiger partial charge in [0.05, 0.1) is 12.7 Å². The second kappa shape index (κ2) is 7.37. The van der Waals surface area contributed by atoms with Gasteiger partial charge in [0.1, 0.15) is 16.3 Å². The van der Waals surface area contributed by atoms with Gasteiger partial charge in [-0.15, -0.1) is 0 Å². The van der Waals surface area contributed by atoms with Crippen molar-refractivity contribution in [1.82, 2.24) is 9.55 Å². The lowest BCUT2D eigenvalue weighted by Crippen LogP contribution is -2.54. The molecule has 30 heavy (non-hydrogen) atoms. The van der Waals surface area contributed by atoms with E-state index in [2.05, 4.69) is 20.9 Å². The first-order valence-electron chi connectivity index (χ1n) is 10.4. The number of nitrogens with zero attached hydrogens (tertiary/aromatic N) is 4. The molecule has 5 rings (SSSR count). The third kappa shape index (κ3) is 3.52. The quantitative estimate of drug-likeness (QED) is 0.477. The maximum absolute atomic E-state index is 13.9. The van der Waals surface area contributed by atoms with Crippen LogP contribution in [0.2, 0.25) is 0 Å². The summed E-state index contributed by atoms with van der Waals surface area (Å²) in [7, 11) is 0. The molecule has 2 bridgehead atoms. The Kier molecular flexibility index (Phi) is 5.05. The molecular formula is C19H24BrF3N4O3. The van der Waals surface area contributed by atoms with Gasteiger partial charge in [-0.05, 0) is 25.2 Å². The van der Waals surface area contributed by atoms with Gasteiger partial charge in [0.25, 0.3) is 5.56 Å². The minimum atomic E-state index is -4.39. The van der Waals surface area contributed by atoms with Crippen molar-refractivity contribution in [3.05, 3.63) is 16.4 Å². The summed E-state index contributed by atoms with van der Waals surface area (Å²) < 4.78 is 53.7. The van der Waals surface area contributed by atoms with Crippen molar-refractivity contribution >= 4 is 27.7 Å². The summed E-state index contributed by atoms with van der Waals surface area (Å²) in [6.07, 6.45) is -2.33. The zero-order valence-corrected chi connectivity index (χ0v) is 18.0. The van der Waals surface area contributed by atoms with Crippen molar-refractivity contribution in [3.63, 3.8) is 0 Å². The SMILES string of the molecule is O=c1cc(N2C[C@@H]3C[C@@]2(Br)CO3)nc2n1CC[C@@H](C(F)(F)F)N2CC1CCOCC1. The van der Waals surface area contributed by atoms with E-state index in [1.165, 1.54) is 15.5 Å². The highest BCUT2D eigenvalue weighted by atomic mass is 79.9. The third-order valence-electron chi connectivity index (χ3n) is 6.63. The Labute approximate surface area is 180 Å². The maximum atomic E-state index is 13.9. The number of hydrogen-bond acceptors (Lipinski definition) is 6. The lowest BCUT2D eigenvalue weighted by Gasteiger charge is -2.42. The molecule has 0 aromatic carbocycles. The van der Waals surface area contributed by atoms with Crippen molar-refractivity contribution < 1.29 is 22.6 Å². The van der Waals surface area contributed by atoms with Crippen LogP contribution in [0.1, 0.15) is 25.7 Å². The van der Waals surface area contributed by atoms with E-state index in [-0.39, 0.29) is 43.0 Å². The molecule has 1 aromatic heterocycles. The van der Waals surface area contributed by atoms with Crippen LogP contribution in [0.25, 0.3) is 0 Å². The van der Waals surface area contributed by atoms with Crippen LogP contribution in [-0.2, 0) is 16.0 Å². The molecule has 3 atom stereocenters. The predicted octanol–water partition coefficient (Wildman–Crippen LogP) is 2.51. The zero-order valence-electron chi connectivity index (χ0n) is 16.4. The number of alkyl halides is 4. The summed E-state index contributed by atoms with van der Waals surface area (Å²) in [6.45, 7) is 2.35. The topological polar surface area (TPSA) is 59.8 Å². The molecule has 0 saturated carbocycles. The molecule has 11 heteroatoms. The van der Waals surface area contributed by atoms with Crippen LogP contribution in [0.5, 0.6) is 0 Å². The molecule has 0 amide bonds. The van der Waals surface area contributed by atoms with E-state index in [4.69, 9.17) is 9.47 Å². The van der Waals surface area contributed by atoms with Crippen LogP contribution in [-0.4, -0.2) is 65.2 Å². The Balaban J connectivity index is 1.53. The normalized spacial score (nSPS) is 32.0. The third-order valence-corrected chi connectivity index (χ3v) is 7.62. The highest BCUT2D eigenvalue weighted by Gasteiger charge is 2.52. The minimum Gasteiger partial charge on any atom is -0.381 e. The lowest BCUT2D eigenvalue weighted by molar-refractivity contribution is -0.153. The van der Waals surface area contributed by atoms with Gasteiger partial charge in [0, 0.05) is 45.3 Å². The summed E-state index contributed by atoms with van der Waals surface area (Å²) >= 11 is 3.69. The molecule has 4 aliphatic rings. The largest absolute Gasteiger partial charge is 0.408 e. The van der Waals surface area contributed by atoms with Crippen LogP contribution in [0.4, 0.5) is 24.9 Å². The first-order valence-corrected chi connectivity index (χ1v) is 11.1. The van der Waals surface area contributed by atoms with Crippen LogP contribution < -0.4 is 15.4 Å². The smallest absolute Gasteiger partial charge is 0.381 e. The summed E-state index contributed by atoms with van der Waals surface area (Å²) in [6, 6.07) is -0.202. The van der Waals surface area contributed by atoms with E-state index in [1.54, 1.807) is 0 Å². The molecule has 1 aromatic rings. The number of halogens is 4. The maximum Gasteiger partial charge on any atom is 0.408 e. The van der Waals surface area contributed by atoms with Gasteiger partial charge in [0.2, 0.25) is 5.95 Å². The molecule has 4 aliphatic heterocycles. The van der Waals surface area contributed by atoms with Crippen molar-refractivity contribution in [3.8, 4) is 0 Å². The van der Waals surface area contributed by atoms with E-state index in [9.17, 15) is 18.0 Å². The van der Waals surface area contributed by atoms with E-state index >= 15 is 0 Å². The van der Waals surface area contributed by atoms with Crippen molar-refractivity contribution in [2.24, 2.45) is 5.92 Å². The number of aromatic nitrogens is 2. The Morgan fingerprint density at radius 2 is 2.03 bits per heavy atom. The average molecular weight is 493 g/mol. The number of rotatable bonds is 3. The van der Waals surface area contributed by atoms with Gasteiger partial charge in [-0.3, -0.25) is 9.36 Å². The van der Waals surface area contributed by atoms with E-state index in [0.717, 1.165) is 6.42 Å². The molecule has 0 aliphatic carbocycles. The second-order valence-corrected chi connectivity index (χ2v) is 10.1. The van der Waals surface area contributed by atoms with Gasteiger partial charge in [-0.2, -0.15) is 18.2 Å². The molecule has 0 spiro atoms. The van der Waals surface area contributed by atoms with Gasteiger partial charge in [-0.25, -0.2) is 0 Å². The molecule has 3 fully saturated rings. The van der Waals surface area contributed by atoms with E-state index < -0.39 is 16.7 Å². The van der Waals surface area contributed by atoms with E-state index in [1.807, 2.05) is 4.90 Å². The number of ether oxygens (including phenoxy) is 2. The van der Waals surface area contributed by atoms with Crippen LogP contribution in [0.15, 0.2) is 10.9 Å². The Morgan fingerprint density at radius 3 is 2.67 bits per heavy atom. The van der Waals surface area contributed by atoms with Crippen LogP contribution in [0.3, 0.4) is 0 Å². The van der Waals surface area contributed by atoms with E-state index in [0.29, 0.717) is 45.0 Å². The zero-order chi connectivity index (χ0) is 21.1. The highest BCUT2D eigenvalue weighted by Crippen LogP contribution is 2.45. The molecule has 5 heterocycles. The van der Waals surface area contributed by atoms with Crippen molar-refractivity contribution in [1.29, 1.82) is 0 Å². The van der Waals surface area contributed by atoms with Gasteiger partial charge in [-0.1, -0.05) is 15.9 Å². The predicted molar refractivity (Wildman–Crippen MR) is 107 cm³/mol. The number of hydrogen-bond donors (Lipinski definition) is 0. The average Bonchev–Trinajstić information content (AvgIpc) is 3.24. The Morgan fingerprint density at radius 1 is 1.27 bits per heavy atom. The standard InChI is InChI=1S/C19H24BrF3N4O3/c20-18-8-13(30-11-18)10-27(18)15-7-16(28)25-4-1-14(19(21,22)23)26(17(25)24-15)9-12-2-5-29-6-3-12/h7,12-14H,1-6,8-11H2/t13-,14-,18-/m0/s1. The summed E-state index contributed by atoms with van der Waals surface area (Å²) in [4.78, 5) is 20.8. The summed E-state index contributed by atoms with van der Waals surface area (Å²) in [5.74, 6) is 0.612. The molecule has 0 unspecified atom stereocenters. The number of fused-ring (bicyclic) bond motifs is 3. The fourth-order valence-electron chi connectivity index (χ4n) is 5.04. The second-order valence-electron chi connectivity index (χ2n) is 8.62. The van der Waals surface area contributed by atoms with Crippen molar-refractivity contribution in [2.45, 2.75) is 55.0 Å². The van der Waals surface area contributed by atoms with Gasteiger partial charge >= 0.3 is 6.18 Å². The fourth-order valence-corrected chi connectivity index (χ4v) is 5.86. The molecule has 166 valence electrons. The molecule has 0 radical (unpaired) electrons. The summed E-state index contributed by atoms with van der Waals surface area (Å²) in [5, 5.41) is 0. The number of anilines is 2. The first-order chi connectivity index (χ1) is 14.2. The van der Waals surface area contributed by atoms with Gasteiger partial charge < -0.3 is 19.3 Å². The Hall–Kier alpha value is -1.33. The first kappa shape index (κ1) is 20.6. The van der Waals surface area contributed by atoms with Gasteiger partial charge in [0.15, 0.2) is 0 Å². The Bertz CT molecular complexity index is 876.